The Labute approximate surface area is 141 Å². The van der Waals surface area contributed by atoms with Crippen molar-refractivity contribution in [2.24, 2.45) is 11.1 Å². The van der Waals surface area contributed by atoms with E-state index in [0.29, 0.717) is 31.6 Å². The summed E-state index contributed by atoms with van der Waals surface area (Å²) in [6.07, 6.45) is 1.36. The Hall–Kier alpha value is -1.53. The SMILES string of the molecule is CC(C)(C)C(=O)OCCC1C[C@@H](c2ccc(F)c(F)c2)[C@H](N)CN1. The van der Waals surface area contributed by atoms with E-state index >= 15 is 0 Å². The molecule has 0 saturated carbocycles. The summed E-state index contributed by atoms with van der Waals surface area (Å²) in [5, 5.41) is 3.32. The van der Waals surface area contributed by atoms with Crippen molar-refractivity contribution >= 4 is 5.97 Å². The molecule has 134 valence electrons. The highest BCUT2D eigenvalue weighted by Gasteiger charge is 2.30. The summed E-state index contributed by atoms with van der Waals surface area (Å²) in [7, 11) is 0. The highest BCUT2D eigenvalue weighted by Crippen LogP contribution is 2.29. The van der Waals surface area contributed by atoms with E-state index in [0.717, 1.165) is 6.07 Å². The molecule has 1 aromatic rings. The third-order valence-electron chi connectivity index (χ3n) is 4.38. The van der Waals surface area contributed by atoms with Crippen molar-refractivity contribution in [2.75, 3.05) is 13.2 Å². The smallest absolute Gasteiger partial charge is 0.311 e. The Kier molecular flexibility index (Phi) is 5.93. The van der Waals surface area contributed by atoms with Gasteiger partial charge in [-0.1, -0.05) is 6.07 Å². The van der Waals surface area contributed by atoms with Crippen molar-refractivity contribution in [3.63, 3.8) is 0 Å². The van der Waals surface area contributed by atoms with Crippen LogP contribution in [0.2, 0.25) is 0 Å². The van der Waals surface area contributed by atoms with Gasteiger partial charge in [0.05, 0.1) is 12.0 Å². The van der Waals surface area contributed by atoms with Gasteiger partial charge in [-0.3, -0.25) is 4.79 Å². The quantitative estimate of drug-likeness (QED) is 0.827. The van der Waals surface area contributed by atoms with Crippen LogP contribution in [0.4, 0.5) is 8.78 Å². The number of benzene rings is 1. The Morgan fingerprint density at radius 3 is 2.67 bits per heavy atom. The first kappa shape index (κ1) is 18.8. The molecule has 0 radical (unpaired) electrons. The molecule has 1 unspecified atom stereocenters. The van der Waals surface area contributed by atoms with E-state index in [9.17, 15) is 13.6 Å². The van der Waals surface area contributed by atoms with Gasteiger partial charge in [0.1, 0.15) is 0 Å². The predicted molar refractivity (Wildman–Crippen MR) is 88.5 cm³/mol. The third kappa shape index (κ3) is 4.74. The summed E-state index contributed by atoms with van der Waals surface area (Å²) in [4.78, 5) is 11.8. The van der Waals surface area contributed by atoms with Crippen LogP contribution in [0.3, 0.4) is 0 Å². The molecule has 1 heterocycles. The molecular formula is C18H26F2N2O2. The summed E-state index contributed by atoms with van der Waals surface area (Å²) in [6.45, 7) is 6.35. The van der Waals surface area contributed by atoms with Crippen LogP contribution in [0.25, 0.3) is 0 Å². The first-order valence-corrected chi connectivity index (χ1v) is 8.29. The van der Waals surface area contributed by atoms with Gasteiger partial charge < -0.3 is 15.8 Å². The zero-order valence-corrected chi connectivity index (χ0v) is 14.4. The second-order valence-corrected chi connectivity index (χ2v) is 7.46. The number of piperidine rings is 1. The number of rotatable bonds is 4. The molecule has 3 N–H and O–H groups in total. The van der Waals surface area contributed by atoms with Gasteiger partial charge in [-0.25, -0.2) is 8.78 Å². The Morgan fingerprint density at radius 2 is 2.04 bits per heavy atom. The molecule has 1 aromatic carbocycles. The largest absolute Gasteiger partial charge is 0.465 e. The molecule has 0 bridgehead atoms. The lowest BCUT2D eigenvalue weighted by molar-refractivity contribution is -0.153. The maximum absolute atomic E-state index is 13.5. The lowest BCUT2D eigenvalue weighted by atomic mass is 9.82. The summed E-state index contributed by atoms with van der Waals surface area (Å²) in [6, 6.07) is 3.91. The fraction of sp³-hybridized carbons (Fsp3) is 0.611. The van der Waals surface area contributed by atoms with Gasteiger partial charge in [0.25, 0.3) is 0 Å². The number of carbonyl (C=O) groups excluding carboxylic acids is 1. The minimum atomic E-state index is -0.855. The number of hydrogen-bond donors (Lipinski definition) is 2. The van der Waals surface area contributed by atoms with E-state index in [2.05, 4.69) is 5.32 Å². The first-order valence-electron chi connectivity index (χ1n) is 8.29. The second-order valence-electron chi connectivity index (χ2n) is 7.46. The van der Waals surface area contributed by atoms with Crippen molar-refractivity contribution in [2.45, 2.75) is 51.6 Å². The number of carbonyl (C=O) groups is 1. The number of esters is 1. The normalized spacial score (nSPS) is 24.7. The highest BCUT2D eigenvalue weighted by molar-refractivity contribution is 5.75. The Morgan fingerprint density at radius 1 is 1.33 bits per heavy atom. The molecule has 6 heteroatoms. The maximum Gasteiger partial charge on any atom is 0.311 e. The summed E-state index contributed by atoms with van der Waals surface area (Å²) in [5.41, 5.74) is 6.32. The molecule has 0 aromatic heterocycles. The summed E-state index contributed by atoms with van der Waals surface area (Å²) >= 11 is 0. The molecule has 0 aliphatic carbocycles. The monoisotopic (exact) mass is 340 g/mol. The number of nitrogens with two attached hydrogens (primary N) is 1. The minimum Gasteiger partial charge on any atom is -0.465 e. The van der Waals surface area contributed by atoms with Crippen molar-refractivity contribution in [3.8, 4) is 0 Å². The number of halogens is 2. The van der Waals surface area contributed by atoms with Crippen LogP contribution in [0.5, 0.6) is 0 Å². The zero-order valence-electron chi connectivity index (χ0n) is 14.4. The van der Waals surface area contributed by atoms with E-state index in [1.54, 1.807) is 6.07 Å². The molecular weight excluding hydrogens is 314 g/mol. The molecule has 1 aliphatic rings. The molecule has 1 fully saturated rings. The topological polar surface area (TPSA) is 64.3 Å². The fourth-order valence-corrected chi connectivity index (χ4v) is 2.87. The Balaban J connectivity index is 1.93. The molecule has 3 atom stereocenters. The van der Waals surface area contributed by atoms with Gasteiger partial charge in [-0.2, -0.15) is 0 Å². The van der Waals surface area contributed by atoms with E-state index in [1.807, 2.05) is 20.8 Å². The number of ether oxygens (including phenoxy) is 1. The average Bonchev–Trinajstić information content (AvgIpc) is 2.50. The zero-order chi connectivity index (χ0) is 17.9. The van der Waals surface area contributed by atoms with E-state index in [-0.39, 0.29) is 24.0 Å². The van der Waals surface area contributed by atoms with E-state index < -0.39 is 17.0 Å². The van der Waals surface area contributed by atoms with Gasteiger partial charge in [-0.15, -0.1) is 0 Å². The highest BCUT2D eigenvalue weighted by atomic mass is 19.2. The van der Waals surface area contributed by atoms with Crippen LogP contribution in [0.15, 0.2) is 18.2 Å². The van der Waals surface area contributed by atoms with Crippen LogP contribution in [0, 0.1) is 17.0 Å². The van der Waals surface area contributed by atoms with Crippen LogP contribution in [0.1, 0.15) is 45.1 Å². The maximum atomic E-state index is 13.5. The van der Waals surface area contributed by atoms with Crippen molar-refractivity contribution in [1.82, 2.24) is 5.32 Å². The van der Waals surface area contributed by atoms with Crippen molar-refractivity contribution in [3.05, 3.63) is 35.4 Å². The van der Waals surface area contributed by atoms with Crippen LogP contribution >= 0.6 is 0 Å². The average molecular weight is 340 g/mol. The molecule has 24 heavy (non-hydrogen) atoms. The lowest BCUT2D eigenvalue weighted by Gasteiger charge is -2.35. The minimum absolute atomic E-state index is 0.0512. The fourth-order valence-electron chi connectivity index (χ4n) is 2.87. The van der Waals surface area contributed by atoms with Crippen LogP contribution in [-0.2, 0) is 9.53 Å². The summed E-state index contributed by atoms with van der Waals surface area (Å²) in [5.74, 6) is -1.99. The van der Waals surface area contributed by atoms with Gasteiger partial charge >= 0.3 is 5.97 Å². The molecule has 0 spiro atoms. The molecule has 4 nitrogen and oxygen atoms in total. The number of nitrogens with one attached hydrogen (secondary N) is 1. The standard InChI is InChI=1S/C18H26F2N2O2/c1-18(2,3)17(23)24-7-6-12-9-13(16(21)10-22-12)11-4-5-14(19)15(20)8-11/h4-5,8,12-13,16,22H,6-7,9-10,21H2,1-3H3/t12?,13-,16+/m0/s1. The second kappa shape index (κ2) is 7.57. The van der Waals surface area contributed by atoms with Gasteiger partial charge in [0.2, 0.25) is 0 Å². The molecule has 2 rings (SSSR count). The molecule has 1 aliphatic heterocycles. The number of hydrogen-bond acceptors (Lipinski definition) is 4. The van der Waals surface area contributed by atoms with Crippen molar-refractivity contribution in [1.29, 1.82) is 0 Å². The third-order valence-corrected chi connectivity index (χ3v) is 4.38. The first-order chi connectivity index (χ1) is 11.2. The van der Waals surface area contributed by atoms with Crippen molar-refractivity contribution < 1.29 is 18.3 Å². The Bertz CT molecular complexity index is 587. The van der Waals surface area contributed by atoms with Gasteiger partial charge in [0.15, 0.2) is 11.6 Å². The summed E-state index contributed by atoms with van der Waals surface area (Å²) < 4.78 is 31.9. The van der Waals surface area contributed by atoms with Crippen LogP contribution in [-0.4, -0.2) is 31.2 Å². The van der Waals surface area contributed by atoms with Gasteiger partial charge in [0, 0.05) is 24.5 Å². The van der Waals surface area contributed by atoms with Gasteiger partial charge in [-0.05, 0) is 51.3 Å². The van der Waals surface area contributed by atoms with E-state index in [1.165, 1.54) is 6.07 Å². The molecule has 0 amide bonds. The van der Waals surface area contributed by atoms with E-state index in [4.69, 9.17) is 10.5 Å². The lowest BCUT2D eigenvalue weighted by Crippen LogP contribution is -2.50. The predicted octanol–water partition coefficient (Wildman–Crippen LogP) is 2.72. The molecule has 1 saturated heterocycles. The van der Waals surface area contributed by atoms with Crippen LogP contribution < -0.4 is 11.1 Å².